The minimum atomic E-state index is -0.569. The summed E-state index contributed by atoms with van der Waals surface area (Å²) in [5.74, 6) is 0.715. The monoisotopic (exact) mass is 418 g/mol. The molecule has 29 heavy (non-hydrogen) atoms. The topological polar surface area (TPSA) is 45.2 Å². The van der Waals surface area contributed by atoms with Crippen molar-refractivity contribution in [3.63, 3.8) is 0 Å². The average Bonchev–Trinajstić information content (AvgIpc) is 2.72. The lowest BCUT2D eigenvalue weighted by molar-refractivity contribution is 0.0256. The van der Waals surface area contributed by atoms with Crippen molar-refractivity contribution in [3.8, 4) is 5.75 Å². The van der Waals surface area contributed by atoms with Crippen LogP contribution in [-0.2, 0) is 11.3 Å². The van der Waals surface area contributed by atoms with E-state index in [1.54, 1.807) is 12.1 Å². The number of hydrogen-bond donors (Lipinski definition) is 1. The van der Waals surface area contributed by atoms with Gasteiger partial charge in [0.2, 0.25) is 0 Å². The number of aliphatic hydroxyl groups excluding tert-OH is 1. The molecule has 6 heteroatoms. The van der Waals surface area contributed by atoms with Crippen LogP contribution in [0.25, 0.3) is 0 Å². The van der Waals surface area contributed by atoms with Crippen molar-refractivity contribution in [2.75, 3.05) is 52.5 Å². The second-order valence-corrected chi connectivity index (χ2v) is 8.03. The van der Waals surface area contributed by atoms with Crippen LogP contribution in [0.3, 0.4) is 0 Å². The summed E-state index contributed by atoms with van der Waals surface area (Å²) in [5.41, 5.74) is 2.51. The number of hydrogen-bond acceptors (Lipinski definition) is 5. The smallest absolute Gasteiger partial charge is 0.119 e. The number of aliphatic hydroxyl groups is 1. The molecule has 5 nitrogen and oxygen atoms in total. The van der Waals surface area contributed by atoms with E-state index < -0.39 is 6.10 Å². The van der Waals surface area contributed by atoms with Crippen LogP contribution < -0.4 is 4.74 Å². The van der Waals surface area contributed by atoms with Gasteiger partial charge in [0.15, 0.2) is 0 Å². The third kappa shape index (κ3) is 7.96. The lowest BCUT2D eigenvalue weighted by atomic mass is 10.1. The van der Waals surface area contributed by atoms with E-state index >= 15 is 0 Å². The van der Waals surface area contributed by atoms with Crippen molar-refractivity contribution in [3.05, 3.63) is 64.7 Å². The van der Waals surface area contributed by atoms with Gasteiger partial charge in [-0.3, -0.25) is 9.80 Å². The van der Waals surface area contributed by atoms with Crippen LogP contribution in [0.1, 0.15) is 11.1 Å². The van der Waals surface area contributed by atoms with E-state index in [1.807, 2.05) is 12.1 Å². The van der Waals surface area contributed by atoms with Crippen molar-refractivity contribution in [2.45, 2.75) is 19.6 Å². The Hall–Kier alpha value is -1.63. The van der Waals surface area contributed by atoms with Crippen LogP contribution in [0.4, 0.5) is 0 Å². The highest BCUT2D eigenvalue weighted by atomic mass is 35.5. The summed E-state index contributed by atoms with van der Waals surface area (Å²) in [4.78, 5) is 4.73. The first-order chi connectivity index (χ1) is 14.1. The maximum Gasteiger partial charge on any atom is 0.119 e. The molecule has 1 atom stereocenters. The minimum Gasteiger partial charge on any atom is -0.491 e. The molecule has 0 radical (unpaired) electrons. The van der Waals surface area contributed by atoms with Gasteiger partial charge < -0.3 is 14.6 Å². The third-order valence-corrected chi connectivity index (χ3v) is 5.30. The molecule has 3 rings (SSSR count). The fourth-order valence-corrected chi connectivity index (χ4v) is 3.61. The molecule has 1 fully saturated rings. The van der Waals surface area contributed by atoms with E-state index in [4.69, 9.17) is 21.1 Å². The van der Waals surface area contributed by atoms with Crippen LogP contribution in [0, 0.1) is 6.92 Å². The van der Waals surface area contributed by atoms with Gasteiger partial charge in [-0.2, -0.15) is 0 Å². The van der Waals surface area contributed by atoms with E-state index in [2.05, 4.69) is 41.0 Å². The fourth-order valence-electron chi connectivity index (χ4n) is 3.49. The molecule has 0 unspecified atom stereocenters. The number of nitrogens with zero attached hydrogens (tertiary/aromatic N) is 2. The Labute approximate surface area is 178 Å². The molecule has 2 aromatic rings. The van der Waals surface area contributed by atoms with E-state index in [0.717, 1.165) is 45.9 Å². The first kappa shape index (κ1) is 22.1. The largest absolute Gasteiger partial charge is 0.491 e. The zero-order valence-electron chi connectivity index (χ0n) is 17.1. The average molecular weight is 419 g/mol. The predicted molar refractivity (Wildman–Crippen MR) is 117 cm³/mol. The maximum absolute atomic E-state index is 10.6. The first-order valence-corrected chi connectivity index (χ1v) is 10.6. The van der Waals surface area contributed by atoms with Crippen molar-refractivity contribution in [1.82, 2.24) is 9.80 Å². The van der Waals surface area contributed by atoms with Crippen LogP contribution in [0.2, 0.25) is 5.02 Å². The number of benzene rings is 2. The lowest BCUT2D eigenvalue weighted by Gasteiger charge is -2.31. The van der Waals surface area contributed by atoms with Crippen LogP contribution >= 0.6 is 11.6 Å². The Kier molecular flexibility index (Phi) is 8.77. The molecule has 0 amide bonds. The number of halogens is 1. The van der Waals surface area contributed by atoms with E-state index in [9.17, 15) is 5.11 Å². The van der Waals surface area contributed by atoms with Crippen LogP contribution in [0.5, 0.6) is 5.75 Å². The molecule has 158 valence electrons. The number of rotatable bonds is 10. The molecule has 1 aliphatic heterocycles. The van der Waals surface area contributed by atoms with Gasteiger partial charge in [0.05, 0.1) is 13.2 Å². The van der Waals surface area contributed by atoms with Crippen molar-refractivity contribution in [2.24, 2.45) is 0 Å². The van der Waals surface area contributed by atoms with Crippen molar-refractivity contribution in [1.29, 1.82) is 0 Å². The van der Waals surface area contributed by atoms with Gasteiger partial charge in [-0.15, -0.1) is 0 Å². The standard InChI is InChI=1S/C23H31ClN2O3/c1-19-3-2-4-20(15-19)16-26(10-9-25-11-13-28-14-12-25)17-22(27)18-29-23-7-5-21(24)6-8-23/h2-8,15,22,27H,9-14,16-18H2,1H3/t22-/m0/s1. The Bertz CT molecular complexity index is 735. The highest BCUT2D eigenvalue weighted by molar-refractivity contribution is 6.30. The summed E-state index contributed by atoms with van der Waals surface area (Å²) in [5, 5.41) is 11.3. The molecule has 1 saturated heterocycles. The zero-order valence-corrected chi connectivity index (χ0v) is 17.9. The van der Waals surface area contributed by atoms with E-state index in [0.29, 0.717) is 17.3 Å². The van der Waals surface area contributed by atoms with Gasteiger partial charge in [-0.25, -0.2) is 0 Å². The number of aryl methyl sites for hydroxylation is 1. The van der Waals surface area contributed by atoms with Gasteiger partial charge >= 0.3 is 0 Å². The Morgan fingerprint density at radius 2 is 1.93 bits per heavy atom. The van der Waals surface area contributed by atoms with Gasteiger partial charge in [-0.05, 0) is 36.8 Å². The second-order valence-electron chi connectivity index (χ2n) is 7.60. The third-order valence-electron chi connectivity index (χ3n) is 5.05. The Morgan fingerprint density at radius 1 is 1.17 bits per heavy atom. The molecule has 0 aromatic heterocycles. The van der Waals surface area contributed by atoms with E-state index in [1.165, 1.54) is 11.1 Å². The number of ether oxygens (including phenoxy) is 2. The molecule has 1 heterocycles. The highest BCUT2D eigenvalue weighted by Gasteiger charge is 2.16. The highest BCUT2D eigenvalue weighted by Crippen LogP contribution is 2.16. The second kappa shape index (κ2) is 11.5. The molecule has 0 bridgehead atoms. The van der Waals surface area contributed by atoms with Crippen LogP contribution in [-0.4, -0.2) is 73.6 Å². The molecule has 0 spiro atoms. The van der Waals surface area contributed by atoms with Crippen molar-refractivity contribution < 1.29 is 14.6 Å². The fraction of sp³-hybridized carbons (Fsp3) is 0.478. The van der Waals surface area contributed by atoms with E-state index in [-0.39, 0.29) is 6.61 Å². The van der Waals surface area contributed by atoms with Gasteiger partial charge in [0.25, 0.3) is 0 Å². The quantitative estimate of drug-likeness (QED) is 0.641. The molecule has 0 saturated carbocycles. The molecule has 0 aliphatic carbocycles. The minimum absolute atomic E-state index is 0.253. The Morgan fingerprint density at radius 3 is 2.66 bits per heavy atom. The molecular formula is C23H31ClN2O3. The normalized spacial score (nSPS) is 16.1. The molecule has 1 N–H and O–H groups in total. The first-order valence-electron chi connectivity index (χ1n) is 10.2. The SMILES string of the molecule is Cc1cccc(CN(CCN2CCOCC2)C[C@H](O)COc2ccc(Cl)cc2)c1. The van der Waals surface area contributed by atoms with Gasteiger partial charge in [-0.1, -0.05) is 41.4 Å². The molecular weight excluding hydrogens is 388 g/mol. The summed E-state index contributed by atoms with van der Waals surface area (Å²) < 4.78 is 11.2. The summed E-state index contributed by atoms with van der Waals surface area (Å²) in [6, 6.07) is 15.8. The zero-order chi connectivity index (χ0) is 20.5. The lowest BCUT2D eigenvalue weighted by Crippen LogP contribution is -2.43. The summed E-state index contributed by atoms with van der Waals surface area (Å²) in [7, 11) is 0. The van der Waals surface area contributed by atoms with Crippen molar-refractivity contribution >= 4 is 11.6 Å². The maximum atomic E-state index is 10.6. The van der Waals surface area contributed by atoms with Gasteiger partial charge in [0.1, 0.15) is 18.5 Å². The van der Waals surface area contributed by atoms with Crippen LogP contribution in [0.15, 0.2) is 48.5 Å². The summed E-state index contributed by atoms with van der Waals surface area (Å²) in [6.07, 6.45) is -0.569. The predicted octanol–water partition coefficient (Wildman–Crippen LogP) is 3.22. The number of morpholine rings is 1. The Balaban J connectivity index is 1.54. The summed E-state index contributed by atoms with van der Waals surface area (Å²) >= 11 is 5.91. The summed E-state index contributed by atoms with van der Waals surface area (Å²) in [6.45, 7) is 9.15. The molecule has 1 aliphatic rings. The van der Waals surface area contributed by atoms with Gasteiger partial charge in [0, 0.05) is 44.3 Å². The molecule has 2 aromatic carbocycles.